The summed E-state index contributed by atoms with van der Waals surface area (Å²) < 4.78 is 0. The summed E-state index contributed by atoms with van der Waals surface area (Å²) in [5, 5.41) is 3.31. The Hall–Kier alpha value is -2.12. The predicted molar refractivity (Wildman–Crippen MR) is 157 cm³/mol. The van der Waals surface area contributed by atoms with E-state index in [0.717, 1.165) is 19.5 Å². The smallest absolute Gasteiger partial charge is 0.0170 e. The van der Waals surface area contributed by atoms with Crippen molar-refractivity contribution in [3.63, 3.8) is 0 Å². The topological polar surface area (TPSA) is 12.0 Å². The van der Waals surface area contributed by atoms with Gasteiger partial charge in [-0.25, -0.2) is 0 Å². The van der Waals surface area contributed by atoms with Gasteiger partial charge in [0.1, 0.15) is 0 Å². The molecule has 1 heteroatoms. The normalized spacial score (nSPS) is 18.6. The van der Waals surface area contributed by atoms with E-state index in [0.29, 0.717) is 5.41 Å². The predicted octanol–water partition coefficient (Wildman–Crippen LogP) is 9.53. The minimum absolute atomic E-state index is 0.568. The van der Waals surface area contributed by atoms with E-state index < -0.39 is 0 Å². The molecule has 4 aliphatic rings. The van der Waals surface area contributed by atoms with Gasteiger partial charge in [0.15, 0.2) is 0 Å². The summed E-state index contributed by atoms with van der Waals surface area (Å²) in [5.74, 6) is 0. The van der Waals surface area contributed by atoms with Crippen LogP contribution in [0.3, 0.4) is 0 Å². The van der Waals surface area contributed by atoms with Crippen LogP contribution in [-0.4, -0.2) is 13.1 Å². The number of allylic oxidation sites excluding steroid dienone is 9. The first-order chi connectivity index (χ1) is 16.9. The molecular formula is C34H51N. The Balaban J connectivity index is 0.000000181. The molecule has 35 heavy (non-hydrogen) atoms. The van der Waals surface area contributed by atoms with E-state index in [1.165, 1.54) is 66.4 Å². The summed E-state index contributed by atoms with van der Waals surface area (Å²) >= 11 is 0. The summed E-state index contributed by atoms with van der Waals surface area (Å²) in [4.78, 5) is 0. The summed E-state index contributed by atoms with van der Waals surface area (Å²) in [6.07, 6.45) is 20.6. The average molecular weight is 474 g/mol. The van der Waals surface area contributed by atoms with Gasteiger partial charge in [-0.2, -0.15) is 0 Å². The quantitative estimate of drug-likeness (QED) is 0.449. The van der Waals surface area contributed by atoms with Crippen molar-refractivity contribution in [1.82, 2.24) is 5.32 Å². The van der Waals surface area contributed by atoms with Crippen molar-refractivity contribution in [2.24, 2.45) is 5.41 Å². The molecule has 5 rings (SSSR count). The second-order valence-corrected chi connectivity index (χ2v) is 10.4. The Morgan fingerprint density at radius 3 is 2.20 bits per heavy atom. The lowest BCUT2D eigenvalue weighted by molar-refractivity contribution is 0.702. The van der Waals surface area contributed by atoms with Crippen LogP contribution < -0.4 is 5.32 Å². The SMILES string of the molecule is CC.CC1(C2=CCC3=CCCC=C32)CC1.CCNCC1=CC=C(C)C1.CCc1cc(C)ccc1C. The Morgan fingerprint density at radius 2 is 1.63 bits per heavy atom. The van der Waals surface area contributed by atoms with Gasteiger partial charge in [0, 0.05) is 6.54 Å². The Bertz CT molecular complexity index is 976. The van der Waals surface area contributed by atoms with Crippen molar-refractivity contribution >= 4 is 0 Å². The number of hydrogen-bond acceptors (Lipinski definition) is 1. The molecule has 1 aromatic carbocycles. The zero-order chi connectivity index (χ0) is 25.8. The van der Waals surface area contributed by atoms with Gasteiger partial charge < -0.3 is 5.32 Å². The van der Waals surface area contributed by atoms with Crippen LogP contribution in [0.4, 0.5) is 0 Å². The van der Waals surface area contributed by atoms with Crippen molar-refractivity contribution in [2.45, 2.75) is 100 Å². The molecule has 0 heterocycles. The molecule has 0 spiro atoms. The summed E-state index contributed by atoms with van der Waals surface area (Å²) in [6.45, 7) is 19.3. The van der Waals surface area contributed by atoms with Crippen molar-refractivity contribution in [2.75, 3.05) is 13.1 Å². The van der Waals surface area contributed by atoms with Gasteiger partial charge in [-0.05, 0) is 106 Å². The molecule has 0 amide bonds. The first kappa shape index (κ1) is 29.1. The highest BCUT2D eigenvalue weighted by atomic mass is 14.8. The van der Waals surface area contributed by atoms with Gasteiger partial charge >= 0.3 is 0 Å². The summed E-state index contributed by atoms with van der Waals surface area (Å²) in [7, 11) is 0. The fourth-order valence-corrected chi connectivity index (χ4v) is 4.88. The lowest BCUT2D eigenvalue weighted by Crippen LogP contribution is -2.15. The third-order valence-electron chi connectivity index (χ3n) is 7.32. The zero-order valence-corrected chi connectivity index (χ0v) is 24.0. The van der Waals surface area contributed by atoms with E-state index in [-0.39, 0.29) is 0 Å². The lowest BCUT2D eigenvalue weighted by Gasteiger charge is -2.16. The second-order valence-electron chi connectivity index (χ2n) is 10.4. The second kappa shape index (κ2) is 14.4. The number of hydrogen-bond donors (Lipinski definition) is 1. The molecule has 0 unspecified atom stereocenters. The van der Waals surface area contributed by atoms with Crippen LogP contribution in [0, 0.1) is 19.3 Å². The van der Waals surface area contributed by atoms with Crippen LogP contribution in [0.25, 0.3) is 0 Å². The van der Waals surface area contributed by atoms with Crippen molar-refractivity contribution in [3.05, 3.63) is 93.1 Å². The fraction of sp³-hybridized carbons (Fsp3) is 0.529. The van der Waals surface area contributed by atoms with Crippen molar-refractivity contribution in [3.8, 4) is 0 Å². The number of nitrogens with one attached hydrogen (secondary N) is 1. The molecular weight excluding hydrogens is 422 g/mol. The van der Waals surface area contributed by atoms with Crippen LogP contribution in [0.5, 0.6) is 0 Å². The minimum atomic E-state index is 0.568. The minimum Gasteiger partial charge on any atom is -0.313 e. The van der Waals surface area contributed by atoms with Gasteiger partial charge in [-0.1, -0.05) is 99.9 Å². The van der Waals surface area contributed by atoms with Crippen LogP contribution in [0.1, 0.15) is 96.8 Å². The number of likely N-dealkylation sites (N-methyl/N-ethyl adjacent to an activating group) is 1. The molecule has 4 aliphatic carbocycles. The van der Waals surface area contributed by atoms with Gasteiger partial charge in [0.2, 0.25) is 0 Å². The molecule has 1 fully saturated rings. The highest BCUT2D eigenvalue weighted by molar-refractivity contribution is 5.58. The van der Waals surface area contributed by atoms with Gasteiger partial charge in [0.25, 0.3) is 0 Å². The van der Waals surface area contributed by atoms with Crippen LogP contribution in [0.15, 0.2) is 76.4 Å². The molecule has 0 aliphatic heterocycles. The highest BCUT2D eigenvalue weighted by Gasteiger charge is 2.43. The fourth-order valence-electron chi connectivity index (χ4n) is 4.88. The van der Waals surface area contributed by atoms with E-state index in [2.05, 4.69) is 95.4 Å². The van der Waals surface area contributed by atoms with Crippen LogP contribution in [-0.2, 0) is 6.42 Å². The number of rotatable bonds is 5. The monoisotopic (exact) mass is 473 g/mol. The Morgan fingerprint density at radius 1 is 0.914 bits per heavy atom. The average Bonchev–Trinajstić information content (AvgIpc) is 3.27. The van der Waals surface area contributed by atoms with Gasteiger partial charge in [0.05, 0.1) is 0 Å². The highest BCUT2D eigenvalue weighted by Crippen LogP contribution is 2.57. The molecule has 1 aromatic rings. The van der Waals surface area contributed by atoms with E-state index in [4.69, 9.17) is 0 Å². The largest absolute Gasteiger partial charge is 0.313 e. The molecule has 1 saturated carbocycles. The van der Waals surface area contributed by atoms with Gasteiger partial charge in [-0.15, -0.1) is 0 Å². The molecule has 0 aromatic heterocycles. The molecule has 0 bridgehead atoms. The number of aryl methyl sites for hydroxylation is 3. The first-order valence-corrected chi connectivity index (χ1v) is 14.1. The molecule has 1 N–H and O–H groups in total. The van der Waals surface area contributed by atoms with E-state index in [1.807, 2.05) is 13.8 Å². The maximum absolute atomic E-state index is 3.31. The summed E-state index contributed by atoms with van der Waals surface area (Å²) in [5.41, 5.74) is 12.7. The molecule has 192 valence electrons. The molecule has 0 saturated heterocycles. The van der Waals surface area contributed by atoms with Gasteiger partial charge in [-0.3, -0.25) is 0 Å². The van der Waals surface area contributed by atoms with Crippen molar-refractivity contribution in [1.29, 1.82) is 0 Å². The molecule has 1 nitrogen and oxygen atoms in total. The number of fused-ring (bicyclic) bond motifs is 1. The summed E-state index contributed by atoms with van der Waals surface area (Å²) in [6, 6.07) is 6.61. The molecule has 0 atom stereocenters. The maximum atomic E-state index is 3.31. The van der Waals surface area contributed by atoms with Crippen molar-refractivity contribution < 1.29 is 0 Å². The molecule has 0 radical (unpaired) electrons. The number of benzene rings is 1. The standard InChI is InChI=1S/C13H16.C10H14.C9H15N.C2H6/c1-13(8-9-13)12-7-6-10-4-2-3-5-11(10)12;1-4-10-7-8(2)5-6-9(10)3;1-3-10-7-9-5-4-8(2)6-9;1-2/h4-5,7H,2-3,6,8-9H2,1H3;5-7H,4H2,1-3H3;4-5,10H,3,6-7H2,1-2H3;1-2H3. The van der Waals surface area contributed by atoms with E-state index in [1.54, 1.807) is 16.7 Å². The Kier molecular flexibility index (Phi) is 12.0. The van der Waals surface area contributed by atoms with E-state index in [9.17, 15) is 0 Å². The maximum Gasteiger partial charge on any atom is 0.0170 e. The van der Waals surface area contributed by atoms with Crippen LogP contribution in [0.2, 0.25) is 0 Å². The Labute approximate surface area is 217 Å². The third-order valence-corrected chi connectivity index (χ3v) is 7.32. The zero-order valence-electron chi connectivity index (χ0n) is 24.0. The van der Waals surface area contributed by atoms with Crippen LogP contribution >= 0.6 is 0 Å². The first-order valence-electron chi connectivity index (χ1n) is 14.1. The third kappa shape index (κ3) is 8.80. The lowest BCUT2D eigenvalue weighted by atomic mass is 9.89. The van der Waals surface area contributed by atoms with E-state index >= 15 is 0 Å².